The summed E-state index contributed by atoms with van der Waals surface area (Å²) in [7, 11) is 0. The van der Waals surface area contributed by atoms with Crippen LogP contribution in [0.25, 0.3) is 0 Å². The SMILES string of the molecule is CC(C)SC(=O)C1=CCNCC1. The normalized spacial score (nSPS) is 17.8. The van der Waals surface area contributed by atoms with Crippen LogP contribution in [0.2, 0.25) is 0 Å². The molecule has 1 N–H and O–H groups in total. The Bertz CT molecular complexity index is 199. The maximum absolute atomic E-state index is 11.5. The zero-order chi connectivity index (χ0) is 8.97. The summed E-state index contributed by atoms with van der Waals surface area (Å²) in [6, 6.07) is 0. The Balaban J connectivity index is 2.45. The van der Waals surface area contributed by atoms with Gasteiger partial charge in [-0.3, -0.25) is 4.79 Å². The Morgan fingerprint density at radius 2 is 2.42 bits per heavy atom. The van der Waals surface area contributed by atoms with E-state index < -0.39 is 0 Å². The van der Waals surface area contributed by atoms with Gasteiger partial charge in [0.25, 0.3) is 0 Å². The second-order valence-electron chi connectivity index (χ2n) is 3.14. The molecule has 0 aliphatic carbocycles. The first-order valence-corrected chi connectivity index (χ1v) is 5.19. The molecular formula is C9H15NOS. The summed E-state index contributed by atoms with van der Waals surface area (Å²) in [6.07, 6.45) is 2.89. The minimum atomic E-state index is 0.256. The lowest BCUT2D eigenvalue weighted by atomic mass is 10.1. The predicted octanol–water partition coefficient (Wildman–Crippen LogP) is 1.57. The van der Waals surface area contributed by atoms with Crippen molar-refractivity contribution in [3.8, 4) is 0 Å². The Morgan fingerprint density at radius 3 is 2.92 bits per heavy atom. The van der Waals surface area contributed by atoms with Gasteiger partial charge in [-0.1, -0.05) is 31.7 Å². The largest absolute Gasteiger partial charge is 0.313 e. The number of rotatable bonds is 2. The molecule has 0 bridgehead atoms. The van der Waals surface area contributed by atoms with Crippen LogP contribution in [0.5, 0.6) is 0 Å². The summed E-state index contributed by atoms with van der Waals surface area (Å²) in [6.45, 7) is 5.88. The summed E-state index contributed by atoms with van der Waals surface area (Å²) >= 11 is 1.43. The summed E-state index contributed by atoms with van der Waals surface area (Å²) in [4.78, 5) is 11.5. The molecule has 1 aliphatic rings. The zero-order valence-corrected chi connectivity index (χ0v) is 8.41. The van der Waals surface area contributed by atoms with Crippen molar-refractivity contribution in [3.63, 3.8) is 0 Å². The molecule has 1 rings (SSSR count). The van der Waals surface area contributed by atoms with E-state index in [1.807, 2.05) is 19.9 Å². The molecule has 3 heteroatoms. The summed E-state index contributed by atoms with van der Waals surface area (Å²) in [5.74, 6) is 0. The Kier molecular flexibility index (Phi) is 3.82. The van der Waals surface area contributed by atoms with Gasteiger partial charge in [0.2, 0.25) is 5.12 Å². The Hall–Kier alpha value is -0.280. The first kappa shape index (κ1) is 9.81. The molecule has 68 valence electrons. The molecule has 0 fully saturated rings. The van der Waals surface area contributed by atoms with Crippen LogP contribution in [-0.4, -0.2) is 23.5 Å². The van der Waals surface area contributed by atoms with Crippen molar-refractivity contribution in [2.24, 2.45) is 0 Å². The van der Waals surface area contributed by atoms with Crippen molar-refractivity contribution in [1.29, 1.82) is 0 Å². The molecule has 0 aromatic rings. The van der Waals surface area contributed by atoms with E-state index in [2.05, 4.69) is 5.32 Å². The standard InChI is InChI=1S/C9H15NOS/c1-7(2)12-9(11)8-3-5-10-6-4-8/h3,7,10H,4-6H2,1-2H3. The third-order valence-electron chi connectivity index (χ3n) is 1.67. The highest BCUT2D eigenvalue weighted by molar-refractivity contribution is 8.14. The summed E-state index contributed by atoms with van der Waals surface area (Å²) < 4.78 is 0. The molecule has 0 saturated heterocycles. The van der Waals surface area contributed by atoms with E-state index in [1.54, 1.807) is 0 Å². The number of thioether (sulfide) groups is 1. The molecule has 1 heterocycles. The van der Waals surface area contributed by atoms with Gasteiger partial charge in [-0.25, -0.2) is 0 Å². The highest BCUT2D eigenvalue weighted by Gasteiger charge is 2.13. The number of hydrogen-bond acceptors (Lipinski definition) is 3. The fourth-order valence-corrected chi connectivity index (χ4v) is 1.86. The quantitative estimate of drug-likeness (QED) is 0.708. The Morgan fingerprint density at radius 1 is 1.67 bits per heavy atom. The average molecular weight is 185 g/mol. The second kappa shape index (κ2) is 4.67. The third kappa shape index (κ3) is 2.99. The van der Waals surface area contributed by atoms with Crippen LogP contribution in [0.1, 0.15) is 20.3 Å². The van der Waals surface area contributed by atoms with E-state index in [0.29, 0.717) is 5.25 Å². The fourth-order valence-electron chi connectivity index (χ4n) is 1.10. The molecule has 0 aromatic carbocycles. The Labute approximate surface area is 77.8 Å². The van der Waals surface area contributed by atoms with Gasteiger partial charge in [-0.2, -0.15) is 0 Å². The third-order valence-corrected chi connectivity index (χ3v) is 2.62. The van der Waals surface area contributed by atoms with Gasteiger partial charge < -0.3 is 5.32 Å². The molecule has 1 aliphatic heterocycles. The van der Waals surface area contributed by atoms with Crippen LogP contribution in [0.3, 0.4) is 0 Å². The van der Waals surface area contributed by atoms with Crippen LogP contribution in [0, 0.1) is 0 Å². The van der Waals surface area contributed by atoms with E-state index in [4.69, 9.17) is 0 Å². The van der Waals surface area contributed by atoms with Gasteiger partial charge >= 0.3 is 0 Å². The zero-order valence-electron chi connectivity index (χ0n) is 7.59. The summed E-state index contributed by atoms with van der Waals surface area (Å²) in [5.41, 5.74) is 0.993. The minimum absolute atomic E-state index is 0.256. The fraction of sp³-hybridized carbons (Fsp3) is 0.667. The molecule has 0 unspecified atom stereocenters. The van der Waals surface area contributed by atoms with Crippen molar-refractivity contribution >= 4 is 16.9 Å². The van der Waals surface area contributed by atoms with Crippen molar-refractivity contribution in [1.82, 2.24) is 5.32 Å². The molecule has 12 heavy (non-hydrogen) atoms. The first-order valence-electron chi connectivity index (χ1n) is 4.31. The number of carbonyl (C=O) groups excluding carboxylic acids is 1. The molecule has 0 radical (unpaired) electrons. The maximum Gasteiger partial charge on any atom is 0.215 e. The molecule has 0 spiro atoms. The molecule has 0 aromatic heterocycles. The lowest BCUT2D eigenvalue weighted by Gasteiger charge is -2.13. The van der Waals surface area contributed by atoms with Crippen LogP contribution in [0.15, 0.2) is 11.6 Å². The molecule has 2 nitrogen and oxygen atoms in total. The van der Waals surface area contributed by atoms with Gasteiger partial charge in [-0.05, 0) is 13.0 Å². The first-order chi connectivity index (χ1) is 5.70. The van der Waals surface area contributed by atoms with Gasteiger partial charge in [0, 0.05) is 17.4 Å². The lowest BCUT2D eigenvalue weighted by molar-refractivity contribution is -0.108. The van der Waals surface area contributed by atoms with Gasteiger partial charge in [-0.15, -0.1) is 0 Å². The highest BCUT2D eigenvalue weighted by Crippen LogP contribution is 2.18. The highest BCUT2D eigenvalue weighted by atomic mass is 32.2. The van der Waals surface area contributed by atoms with Gasteiger partial charge in [0.05, 0.1) is 0 Å². The van der Waals surface area contributed by atoms with Crippen LogP contribution in [0.4, 0.5) is 0 Å². The minimum Gasteiger partial charge on any atom is -0.313 e. The number of nitrogens with one attached hydrogen (secondary N) is 1. The second-order valence-corrected chi connectivity index (χ2v) is 4.69. The van der Waals surface area contributed by atoms with E-state index >= 15 is 0 Å². The molecule has 0 atom stereocenters. The van der Waals surface area contributed by atoms with Crippen LogP contribution < -0.4 is 5.32 Å². The monoisotopic (exact) mass is 185 g/mol. The topological polar surface area (TPSA) is 29.1 Å². The average Bonchev–Trinajstić information content (AvgIpc) is 2.05. The summed E-state index contributed by atoms with van der Waals surface area (Å²) in [5, 5.41) is 3.84. The van der Waals surface area contributed by atoms with Gasteiger partial charge in [0.15, 0.2) is 0 Å². The number of hydrogen-bond donors (Lipinski definition) is 1. The van der Waals surface area contributed by atoms with Crippen molar-refractivity contribution in [2.45, 2.75) is 25.5 Å². The molecule has 0 saturated carbocycles. The van der Waals surface area contributed by atoms with Crippen molar-refractivity contribution in [2.75, 3.05) is 13.1 Å². The molecule has 0 amide bonds. The van der Waals surface area contributed by atoms with Gasteiger partial charge in [0.1, 0.15) is 0 Å². The van der Waals surface area contributed by atoms with E-state index in [1.165, 1.54) is 11.8 Å². The van der Waals surface area contributed by atoms with E-state index in [0.717, 1.165) is 25.1 Å². The molecular weight excluding hydrogens is 170 g/mol. The lowest BCUT2D eigenvalue weighted by Crippen LogP contribution is -2.22. The smallest absolute Gasteiger partial charge is 0.215 e. The van der Waals surface area contributed by atoms with Crippen molar-refractivity contribution < 1.29 is 4.79 Å². The van der Waals surface area contributed by atoms with Crippen LogP contribution >= 0.6 is 11.8 Å². The number of carbonyl (C=O) groups is 1. The van der Waals surface area contributed by atoms with Crippen LogP contribution in [-0.2, 0) is 4.79 Å². The maximum atomic E-state index is 11.5. The predicted molar refractivity (Wildman–Crippen MR) is 53.3 cm³/mol. The van der Waals surface area contributed by atoms with E-state index in [9.17, 15) is 4.79 Å². The van der Waals surface area contributed by atoms with E-state index in [-0.39, 0.29) is 5.12 Å². The van der Waals surface area contributed by atoms with Crippen molar-refractivity contribution in [3.05, 3.63) is 11.6 Å².